The van der Waals surface area contributed by atoms with E-state index in [1.54, 1.807) is 31.5 Å². The van der Waals surface area contributed by atoms with Gasteiger partial charge in [0.05, 0.1) is 11.7 Å². The second-order valence-corrected chi connectivity index (χ2v) is 10.9. The molecule has 0 unspecified atom stereocenters. The molecule has 0 aromatic carbocycles. The molecule has 1 fully saturated rings. The van der Waals surface area contributed by atoms with Crippen molar-refractivity contribution in [3.63, 3.8) is 0 Å². The Balaban J connectivity index is 0.00000420. The number of amides is 2. The third-order valence-corrected chi connectivity index (χ3v) is 8.49. The van der Waals surface area contributed by atoms with Crippen molar-refractivity contribution in [2.75, 3.05) is 23.8 Å². The first-order valence-electron chi connectivity index (χ1n) is 11.1. The summed E-state index contributed by atoms with van der Waals surface area (Å²) in [5.74, 6) is -3.42. The molecule has 13 nitrogen and oxygen atoms in total. The fourth-order valence-electron chi connectivity index (χ4n) is 3.69. The van der Waals surface area contributed by atoms with E-state index in [2.05, 4.69) is 15.5 Å². The Morgan fingerprint density at radius 2 is 2.05 bits per heavy atom. The third kappa shape index (κ3) is 7.12. The van der Waals surface area contributed by atoms with Gasteiger partial charge in [0.25, 0.3) is 11.8 Å². The van der Waals surface area contributed by atoms with Gasteiger partial charge in [0.15, 0.2) is 29.8 Å². The van der Waals surface area contributed by atoms with Gasteiger partial charge in [0.2, 0.25) is 0 Å². The molecular formula is C22H21N6NaO7S3. The van der Waals surface area contributed by atoms with Crippen LogP contribution in [-0.2, 0) is 30.6 Å². The number of pyridine rings is 1. The van der Waals surface area contributed by atoms with Crippen molar-refractivity contribution in [1.82, 2.24) is 15.2 Å². The molecule has 2 aromatic rings. The Labute approximate surface area is 257 Å². The molecule has 2 atom stereocenters. The molecule has 4 rings (SSSR count). The number of aliphatic carboxylic acids is 2. The van der Waals surface area contributed by atoms with Gasteiger partial charge in [-0.3, -0.25) is 14.5 Å². The summed E-state index contributed by atoms with van der Waals surface area (Å²) in [5, 5.41) is 30.3. The topological polar surface area (TPSA) is 194 Å². The van der Waals surface area contributed by atoms with Crippen LogP contribution in [0.2, 0.25) is 0 Å². The molecule has 2 aromatic heterocycles. The number of nitrogen functional groups attached to an aromatic ring is 1. The number of thioether (sulfide) groups is 2. The summed E-state index contributed by atoms with van der Waals surface area (Å²) in [4.78, 5) is 59.6. The van der Waals surface area contributed by atoms with Crippen LogP contribution in [0, 0.1) is 0 Å². The number of oxime groups is 1. The molecule has 2 aliphatic rings. The van der Waals surface area contributed by atoms with E-state index in [1.165, 1.54) is 33.5 Å². The molecule has 1 saturated heterocycles. The Morgan fingerprint density at radius 3 is 2.64 bits per heavy atom. The zero-order valence-electron chi connectivity index (χ0n) is 20.8. The number of carboxylic acids is 2. The third-order valence-electron chi connectivity index (χ3n) is 5.38. The van der Waals surface area contributed by atoms with Crippen molar-refractivity contribution in [3.05, 3.63) is 46.9 Å². The molecule has 2 aliphatic heterocycles. The average molecular weight is 601 g/mol. The van der Waals surface area contributed by atoms with Gasteiger partial charge in [-0.25, -0.2) is 4.98 Å². The van der Waals surface area contributed by atoms with Crippen LogP contribution in [-0.4, -0.2) is 68.9 Å². The van der Waals surface area contributed by atoms with E-state index in [1.807, 2.05) is 0 Å². The van der Waals surface area contributed by atoms with Gasteiger partial charge in [-0.1, -0.05) is 5.16 Å². The number of anilines is 1. The smallest absolute Gasteiger partial charge is 0.544 e. The monoisotopic (exact) mass is 600 g/mol. The number of β-lactam (4-membered cyclic amide) rings is 1. The van der Waals surface area contributed by atoms with E-state index in [9.17, 15) is 29.4 Å². The first-order chi connectivity index (χ1) is 18.2. The summed E-state index contributed by atoms with van der Waals surface area (Å²) in [6.45, 7) is 1.61. The van der Waals surface area contributed by atoms with Crippen molar-refractivity contribution in [3.8, 4) is 0 Å². The summed E-state index contributed by atoms with van der Waals surface area (Å²) in [5.41, 5.74) is 5.99. The number of fused-ring (bicyclic) bond motifs is 1. The fraction of sp³-hybridized carbons (Fsp3) is 0.318. The minimum Gasteiger partial charge on any atom is -0.544 e. The molecule has 39 heavy (non-hydrogen) atoms. The van der Waals surface area contributed by atoms with Crippen molar-refractivity contribution < 1.29 is 68.4 Å². The van der Waals surface area contributed by atoms with Crippen LogP contribution in [0.1, 0.15) is 12.6 Å². The molecule has 0 radical (unpaired) electrons. The number of carboxylic acid groups (broad SMARTS) is 2. The van der Waals surface area contributed by atoms with Gasteiger partial charge in [0.1, 0.15) is 29.7 Å². The molecule has 0 aliphatic carbocycles. The molecule has 2 amide bonds. The average Bonchev–Trinajstić information content (AvgIpc) is 3.31. The van der Waals surface area contributed by atoms with Crippen LogP contribution in [0.25, 0.3) is 0 Å². The number of carbonyl (C=O) groups excluding carboxylic acids is 4. The van der Waals surface area contributed by atoms with Gasteiger partial charge < -0.3 is 35.7 Å². The summed E-state index contributed by atoms with van der Waals surface area (Å²) >= 11 is 3.77. The van der Waals surface area contributed by atoms with E-state index >= 15 is 0 Å². The second-order valence-electron chi connectivity index (χ2n) is 7.90. The van der Waals surface area contributed by atoms with Gasteiger partial charge in [-0.15, -0.1) is 34.9 Å². The molecule has 17 heteroatoms. The Kier molecular flexibility index (Phi) is 10.8. The summed E-state index contributed by atoms with van der Waals surface area (Å²) in [6.07, 6.45) is 3.15. The van der Waals surface area contributed by atoms with Crippen LogP contribution in [0.4, 0.5) is 5.13 Å². The molecule has 4 heterocycles. The van der Waals surface area contributed by atoms with E-state index in [0.29, 0.717) is 11.3 Å². The Hall–Kier alpha value is -2.63. The Bertz CT molecular complexity index is 1330. The first-order valence-corrected chi connectivity index (χ1v) is 14.0. The van der Waals surface area contributed by atoms with Gasteiger partial charge >= 0.3 is 29.6 Å². The van der Waals surface area contributed by atoms with Crippen LogP contribution in [0.5, 0.6) is 0 Å². The Morgan fingerprint density at radius 1 is 1.33 bits per heavy atom. The summed E-state index contributed by atoms with van der Waals surface area (Å²) in [6, 6.07) is 2.42. The van der Waals surface area contributed by atoms with Crippen LogP contribution >= 0.6 is 34.9 Å². The summed E-state index contributed by atoms with van der Waals surface area (Å²) in [7, 11) is 0. The zero-order chi connectivity index (χ0) is 27.4. The van der Waals surface area contributed by atoms with Gasteiger partial charge in [0, 0.05) is 33.9 Å². The normalized spacial score (nSPS) is 18.5. The number of aromatic nitrogens is 2. The molecule has 3 N–H and O–H groups in total. The maximum Gasteiger partial charge on any atom is 1.00 e. The predicted molar refractivity (Wildman–Crippen MR) is 134 cm³/mol. The molecule has 200 valence electrons. The standard InChI is InChI=1S/C22H22N6O7S3.Na/c1-2-35-26-15(13-10-38-22(23)24-13)18(31)25-16-19(32)28-17(21(33)34)11(9-37-20(16)28)8-36-12-3-5-27(6-4-12)7-14(29)30;/h3-6,10,16,20H,2,7-9H2,1H3,(H4-,23,24,25,29,30,31,33,34);/q;+1/p-1/b26-15-;/t16-,20-;/m1./s1. The number of thiazole rings is 1. The minimum absolute atomic E-state index is 0. The van der Waals surface area contributed by atoms with Crippen LogP contribution in [0.3, 0.4) is 0 Å². The van der Waals surface area contributed by atoms with E-state index in [-0.39, 0.29) is 70.7 Å². The van der Waals surface area contributed by atoms with E-state index in [0.717, 1.165) is 21.1 Å². The number of carbonyl (C=O) groups is 4. The van der Waals surface area contributed by atoms with Crippen molar-refractivity contribution >= 4 is 69.5 Å². The largest absolute Gasteiger partial charge is 1.00 e. The van der Waals surface area contributed by atoms with E-state index in [4.69, 9.17) is 10.6 Å². The van der Waals surface area contributed by atoms with Crippen molar-refractivity contribution in [1.29, 1.82) is 0 Å². The minimum atomic E-state index is -1.49. The summed E-state index contributed by atoms with van der Waals surface area (Å²) < 4.78 is 1.44. The van der Waals surface area contributed by atoms with Crippen molar-refractivity contribution in [2.45, 2.75) is 29.8 Å². The maximum atomic E-state index is 13.0. The number of hydrogen-bond donors (Lipinski definition) is 2. The molecule has 0 spiro atoms. The van der Waals surface area contributed by atoms with Crippen LogP contribution in [0.15, 0.2) is 51.2 Å². The van der Waals surface area contributed by atoms with Crippen LogP contribution < -0.4 is 55.4 Å². The quantitative estimate of drug-likeness (QED) is 0.0625. The number of nitrogens with zero attached hydrogens (tertiary/aromatic N) is 4. The van der Waals surface area contributed by atoms with Crippen molar-refractivity contribution in [2.24, 2.45) is 5.16 Å². The second kappa shape index (κ2) is 13.6. The number of hydrogen-bond acceptors (Lipinski definition) is 13. The number of nitrogens with two attached hydrogens (primary N) is 1. The van der Waals surface area contributed by atoms with Gasteiger partial charge in [-0.2, -0.15) is 4.57 Å². The maximum absolute atomic E-state index is 13.0. The number of rotatable bonds is 11. The SMILES string of the molecule is CCO/N=C(\C(=O)N[C@@H]1C(=O)N2C(C(=O)[O-])=C(CSc3cc[n+](CC(=O)[O-])cc3)CS[C@H]12)c1csc(N)n1.[Na+]. The molecule has 0 bridgehead atoms. The van der Waals surface area contributed by atoms with E-state index < -0.39 is 35.2 Å². The molecular weight excluding hydrogens is 579 g/mol. The predicted octanol–water partition coefficient (Wildman–Crippen LogP) is -5.30. The first kappa shape index (κ1) is 30.9. The number of nitrogens with one attached hydrogen (secondary N) is 1. The van der Waals surface area contributed by atoms with Gasteiger partial charge in [-0.05, 0) is 12.5 Å². The zero-order valence-corrected chi connectivity index (χ0v) is 25.3. The molecule has 0 saturated carbocycles. The fourth-order valence-corrected chi connectivity index (χ4v) is 6.60.